The van der Waals surface area contributed by atoms with E-state index in [4.69, 9.17) is 0 Å². The summed E-state index contributed by atoms with van der Waals surface area (Å²) in [4.78, 5) is 47.3. The number of hydrogen-bond acceptors (Lipinski definition) is 4. The topological polar surface area (TPSA) is 103 Å². The summed E-state index contributed by atoms with van der Waals surface area (Å²) in [6, 6.07) is 9.42. The fourth-order valence-corrected chi connectivity index (χ4v) is 5.66. The van der Waals surface area contributed by atoms with Crippen LogP contribution in [0.5, 0.6) is 0 Å². The molecule has 204 valence electrons. The number of pyridine rings is 1. The Kier molecular flexibility index (Phi) is 8.38. The standard InChI is InChI=1S/C30H40N4O4/c1-20-17-25(33(19-20)29(37)38)28(36)34(24-14-12-22(13-15-24)30(2,3)4)26(21-9-8-16-31-18-21)27(35)32-23-10-6-5-7-11-23/h8-9,12-16,18,20,23,25-26H,5-7,10-11,17,19H2,1-4H3,(H,32,35)(H,37,38)/t20-,25-,26?/m1/s1. The van der Waals surface area contributed by atoms with Gasteiger partial charge in [0, 0.05) is 36.2 Å². The van der Waals surface area contributed by atoms with Crippen LogP contribution in [0.2, 0.25) is 0 Å². The molecule has 1 saturated heterocycles. The van der Waals surface area contributed by atoms with Gasteiger partial charge in [0.1, 0.15) is 12.1 Å². The van der Waals surface area contributed by atoms with Gasteiger partial charge in [0.05, 0.1) is 0 Å². The Labute approximate surface area is 225 Å². The molecular formula is C30H40N4O4. The van der Waals surface area contributed by atoms with Gasteiger partial charge in [0.25, 0.3) is 5.91 Å². The maximum absolute atomic E-state index is 14.3. The van der Waals surface area contributed by atoms with Crippen LogP contribution in [0.25, 0.3) is 0 Å². The first kappa shape index (κ1) is 27.6. The van der Waals surface area contributed by atoms with Gasteiger partial charge in [-0.1, -0.05) is 65.2 Å². The average molecular weight is 521 g/mol. The highest BCUT2D eigenvalue weighted by molar-refractivity contribution is 6.04. The summed E-state index contributed by atoms with van der Waals surface area (Å²) in [6.45, 7) is 8.58. The molecule has 4 rings (SSSR count). The van der Waals surface area contributed by atoms with Crippen LogP contribution in [-0.4, -0.2) is 51.5 Å². The van der Waals surface area contributed by atoms with E-state index in [-0.39, 0.29) is 29.8 Å². The maximum Gasteiger partial charge on any atom is 0.407 e. The highest BCUT2D eigenvalue weighted by Gasteiger charge is 2.44. The minimum absolute atomic E-state index is 0.0399. The Morgan fingerprint density at radius 1 is 1.08 bits per heavy atom. The number of likely N-dealkylation sites (tertiary alicyclic amines) is 1. The monoisotopic (exact) mass is 520 g/mol. The molecule has 2 heterocycles. The van der Waals surface area contributed by atoms with E-state index in [1.54, 1.807) is 24.5 Å². The van der Waals surface area contributed by atoms with E-state index in [9.17, 15) is 19.5 Å². The number of carboxylic acid groups (broad SMARTS) is 1. The van der Waals surface area contributed by atoms with E-state index in [0.29, 0.717) is 17.7 Å². The van der Waals surface area contributed by atoms with Gasteiger partial charge in [-0.15, -0.1) is 0 Å². The molecule has 8 heteroatoms. The lowest BCUT2D eigenvalue weighted by atomic mass is 9.87. The molecule has 1 saturated carbocycles. The van der Waals surface area contributed by atoms with E-state index >= 15 is 0 Å². The summed E-state index contributed by atoms with van der Waals surface area (Å²) in [5, 5.41) is 13.1. The van der Waals surface area contributed by atoms with E-state index < -0.39 is 24.1 Å². The molecule has 2 aromatic rings. The zero-order valence-corrected chi connectivity index (χ0v) is 22.9. The molecule has 3 amide bonds. The van der Waals surface area contributed by atoms with E-state index in [1.807, 2.05) is 31.2 Å². The Morgan fingerprint density at radius 2 is 1.76 bits per heavy atom. The van der Waals surface area contributed by atoms with Gasteiger partial charge >= 0.3 is 6.09 Å². The molecule has 0 spiro atoms. The van der Waals surface area contributed by atoms with Gasteiger partial charge in [-0.05, 0) is 54.4 Å². The van der Waals surface area contributed by atoms with Crippen LogP contribution < -0.4 is 10.2 Å². The number of anilines is 1. The largest absolute Gasteiger partial charge is 0.465 e. The summed E-state index contributed by atoms with van der Waals surface area (Å²) < 4.78 is 0. The molecule has 0 radical (unpaired) electrons. The first-order valence-corrected chi connectivity index (χ1v) is 13.7. The van der Waals surface area contributed by atoms with Gasteiger partial charge in [0.2, 0.25) is 5.91 Å². The highest BCUT2D eigenvalue weighted by atomic mass is 16.4. The van der Waals surface area contributed by atoms with Crippen molar-refractivity contribution >= 4 is 23.6 Å². The third-order valence-electron chi connectivity index (χ3n) is 7.75. The fraction of sp³-hybridized carbons (Fsp3) is 0.533. The van der Waals surface area contributed by atoms with Gasteiger partial charge in [-0.2, -0.15) is 0 Å². The van der Waals surface area contributed by atoms with Crippen LogP contribution in [0.15, 0.2) is 48.8 Å². The van der Waals surface area contributed by atoms with Crippen molar-refractivity contribution in [2.45, 2.75) is 89.8 Å². The molecule has 1 aliphatic carbocycles. The molecule has 0 bridgehead atoms. The zero-order chi connectivity index (χ0) is 27.4. The van der Waals surface area contributed by atoms with Crippen molar-refractivity contribution in [2.24, 2.45) is 5.92 Å². The molecule has 1 aliphatic heterocycles. The van der Waals surface area contributed by atoms with Gasteiger partial charge in [0.15, 0.2) is 0 Å². The summed E-state index contributed by atoms with van der Waals surface area (Å²) in [7, 11) is 0. The molecule has 38 heavy (non-hydrogen) atoms. The molecular weight excluding hydrogens is 480 g/mol. The minimum atomic E-state index is -1.12. The Bertz CT molecular complexity index is 1120. The first-order valence-electron chi connectivity index (χ1n) is 13.7. The molecule has 1 aromatic carbocycles. The van der Waals surface area contributed by atoms with Crippen molar-refractivity contribution in [1.82, 2.24) is 15.2 Å². The normalized spacial score (nSPS) is 21.1. The number of nitrogens with one attached hydrogen (secondary N) is 1. The number of carbonyl (C=O) groups excluding carboxylic acids is 2. The number of carbonyl (C=O) groups is 3. The summed E-state index contributed by atoms with van der Waals surface area (Å²) in [5.74, 6) is -0.628. The zero-order valence-electron chi connectivity index (χ0n) is 22.9. The molecule has 2 aliphatic rings. The Balaban J connectivity index is 1.79. The van der Waals surface area contributed by atoms with E-state index in [0.717, 1.165) is 37.7 Å². The van der Waals surface area contributed by atoms with Crippen molar-refractivity contribution in [2.75, 3.05) is 11.4 Å². The summed E-state index contributed by atoms with van der Waals surface area (Å²) >= 11 is 0. The SMILES string of the molecule is C[C@@H]1C[C@H](C(=O)N(c2ccc(C(C)(C)C)cc2)C(C(=O)NC2CCCCC2)c2cccnc2)N(C(=O)O)C1. The first-order chi connectivity index (χ1) is 18.1. The van der Waals surface area contributed by atoms with Crippen LogP contribution in [0.3, 0.4) is 0 Å². The van der Waals surface area contributed by atoms with Crippen LogP contribution in [0.1, 0.15) is 83.4 Å². The molecule has 8 nitrogen and oxygen atoms in total. The van der Waals surface area contributed by atoms with E-state index in [1.165, 1.54) is 9.80 Å². The average Bonchev–Trinajstić information content (AvgIpc) is 3.29. The predicted molar refractivity (Wildman–Crippen MR) is 147 cm³/mol. The third kappa shape index (κ3) is 6.17. The smallest absolute Gasteiger partial charge is 0.407 e. The summed E-state index contributed by atoms with van der Waals surface area (Å²) in [5.41, 5.74) is 2.15. The number of nitrogens with zero attached hydrogens (tertiary/aromatic N) is 3. The van der Waals surface area contributed by atoms with Gasteiger partial charge in [-0.3, -0.25) is 24.4 Å². The van der Waals surface area contributed by atoms with E-state index in [2.05, 4.69) is 31.1 Å². The quantitative estimate of drug-likeness (QED) is 0.539. The second kappa shape index (κ2) is 11.5. The Hall–Kier alpha value is -3.42. The second-order valence-corrected chi connectivity index (χ2v) is 11.8. The highest BCUT2D eigenvalue weighted by Crippen LogP contribution is 2.34. The van der Waals surface area contributed by atoms with Gasteiger partial charge < -0.3 is 10.4 Å². The second-order valence-electron chi connectivity index (χ2n) is 11.8. The summed E-state index contributed by atoms with van der Waals surface area (Å²) in [6.07, 6.45) is 7.63. The maximum atomic E-state index is 14.3. The van der Waals surface area contributed by atoms with Crippen LogP contribution in [0.4, 0.5) is 10.5 Å². The van der Waals surface area contributed by atoms with Gasteiger partial charge in [-0.25, -0.2) is 4.79 Å². The molecule has 2 fully saturated rings. The lowest BCUT2D eigenvalue weighted by Crippen LogP contribution is -2.53. The number of benzene rings is 1. The fourth-order valence-electron chi connectivity index (χ4n) is 5.66. The Morgan fingerprint density at radius 3 is 2.34 bits per heavy atom. The number of rotatable bonds is 6. The van der Waals surface area contributed by atoms with Crippen LogP contribution >= 0.6 is 0 Å². The molecule has 1 aromatic heterocycles. The minimum Gasteiger partial charge on any atom is -0.465 e. The van der Waals surface area contributed by atoms with Crippen LogP contribution in [-0.2, 0) is 15.0 Å². The molecule has 3 atom stereocenters. The number of aromatic nitrogens is 1. The molecule has 2 N–H and O–H groups in total. The van der Waals surface area contributed by atoms with Crippen molar-refractivity contribution in [3.63, 3.8) is 0 Å². The lowest BCUT2D eigenvalue weighted by Gasteiger charge is -2.36. The van der Waals surface area contributed by atoms with Crippen molar-refractivity contribution < 1.29 is 19.5 Å². The molecule has 1 unspecified atom stereocenters. The van der Waals surface area contributed by atoms with Crippen molar-refractivity contribution in [1.29, 1.82) is 0 Å². The lowest BCUT2D eigenvalue weighted by molar-refractivity contribution is -0.128. The predicted octanol–water partition coefficient (Wildman–Crippen LogP) is 5.29. The van der Waals surface area contributed by atoms with Crippen LogP contribution in [0, 0.1) is 5.92 Å². The van der Waals surface area contributed by atoms with Crippen molar-refractivity contribution in [3.05, 3.63) is 59.9 Å². The third-order valence-corrected chi connectivity index (χ3v) is 7.75. The number of hydrogen-bond donors (Lipinski definition) is 2. The van der Waals surface area contributed by atoms with Crippen molar-refractivity contribution in [3.8, 4) is 0 Å². The number of amides is 3.